The van der Waals surface area contributed by atoms with Gasteiger partial charge in [-0.1, -0.05) is 6.07 Å². The fraction of sp³-hybridized carbons (Fsp3) is 0.167. The van der Waals surface area contributed by atoms with Gasteiger partial charge in [0.1, 0.15) is 23.4 Å². The van der Waals surface area contributed by atoms with Gasteiger partial charge in [-0.05, 0) is 48.9 Å². The van der Waals surface area contributed by atoms with Gasteiger partial charge in [0.2, 0.25) is 5.91 Å². The molecular weight excluding hydrogens is 342 g/mol. The van der Waals surface area contributed by atoms with Crippen LogP contribution in [0.15, 0.2) is 47.6 Å². The van der Waals surface area contributed by atoms with Crippen LogP contribution in [0.25, 0.3) is 0 Å². The van der Waals surface area contributed by atoms with Gasteiger partial charge in [-0.25, -0.2) is 8.78 Å². The molecule has 8 heteroatoms. The number of hydrazone groups is 1. The minimum Gasteiger partial charge on any atom is -0.368 e. The predicted molar refractivity (Wildman–Crippen MR) is 93.7 cm³/mol. The van der Waals surface area contributed by atoms with E-state index in [1.54, 1.807) is 19.1 Å². The quantitative estimate of drug-likeness (QED) is 0.879. The molecule has 0 bridgehead atoms. The minimum absolute atomic E-state index is 0.00706. The summed E-state index contributed by atoms with van der Waals surface area (Å²) in [7, 11) is 0. The SMILES string of the molecule is Cc1ccc(NC(=O)C2=NN(c3ccc(F)cc3)C(C(N)=O)C2)cc1F. The molecule has 0 fully saturated rings. The molecule has 0 spiro atoms. The van der Waals surface area contributed by atoms with Crippen LogP contribution in [0.5, 0.6) is 0 Å². The number of rotatable bonds is 4. The van der Waals surface area contributed by atoms with E-state index < -0.39 is 29.5 Å². The first-order valence-electron chi connectivity index (χ1n) is 7.84. The van der Waals surface area contributed by atoms with Gasteiger partial charge in [0.05, 0.1) is 5.69 Å². The summed E-state index contributed by atoms with van der Waals surface area (Å²) in [5.41, 5.74) is 6.63. The van der Waals surface area contributed by atoms with Gasteiger partial charge in [-0.15, -0.1) is 0 Å². The standard InChI is InChI=1S/C18H16F2N4O2/c1-10-2-5-12(8-14(10)20)22-18(26)15-9-16(17(21)25)24(23-15)13-6-3-11(19)4-7-13/h2-8,16H,9H2,1H3,(H2,21,25)(H,22,26). The summed E-state index contributed by atoms with van der Waals surface area (Å²) in [5.74, 6) is -2.11. The Morgan fingerprint density at radius 2 is 1.88 bits per heavy atom. The van der Waals surface area contributed by atoms with E-state index >= 15 is 0 Å². The number of primary amides is 1. The zero-order valence-corrected chi connectivity index (χ0v) is 13.9. The molecule has 6 nitrogen and oxygen atoms in total. The maximum absolute atomic E-state index is 13.6. The summed E-state index contributed by atoms with van der Waals surface area (Å²) in [6.45, 7) is 1.61. The van der Waals surface area contributed by atoms with Gasteiger partial charge < -0.3 is 11.1 Å². The molecule has 1 aliphatic heterocycles. The van der Waals surface area contributed by atoms with E-state index in [-0.39, 0.29) is 17.8 Å². The van der Waals surface area contributed by atoms with Crippen LogP contribution in [0, 0.1) is 18.6 Å². The lowest BCUT2D eigenvalue weighted by atomic mass is 10.1. The van der Waals surface area contributed by atoms with Crippen molar-refractivity contribution in [1.82, 2.24) is 0 Å². The van der Waals surface area contributed by atoms with Gasteiger partial charge in [-0.3, -0.25) is 14.6 Å². The lowest BCUT2D eigenvalue weighted by molar-refractivity contribution is -0.119. The lowest BCUT2D eigenvalue weighted by Crippen LogP contribution is -2.39. The van der Waals surface area contributed by atoms with Crippen molar-refractivity contribution >= 4 is 28.9 Å². The molecule has 1 unspecified atom stereocenters. The van der Waals surface area contributed by atoms with Crippen molar-refractivity contribution in [2.75, 3.05) is 10.3 Å². The van der Waals surface area contributed by atoms with Crippen LogP contribution in [-0.2, 0) is 9.59 Å². The van der Waals surface area contributed by atoms with Crippen LogP contribution < -0.4 is 16.1 Å². The Labute approximate surface area is 148 Å². The van der Waals surface area contributed by atoms with Crippen molar-refractivity contribution in [3.05, 3.63) is 59.7 Å². The maximum atomic E-state index is 13.6. The monoisotopic (exact) mass is 358 g/mol. The van der Waals surface area contributed by atoms with Crippen molar-refractivity contribution in [2.45, 2.75) is 19.4 Å². The first-order valence-corrected chi connectivity index (χ1v) is 7.84. The molecule has 134 valence electrons. The minimum atomic E-state index is -0.865. The highest BCUT2D eigenvalue weighted by molar-refractivity contribution is 6.44. The van der Waals surface area contributed by atoms with E-state index in [9.17, 15) is 18.4 Å². The molecular formula is C18H16F2N4O2. The van der Waals surface area contributed by atoms with E-state index in [0.717, 1.165) is 0 Å². The van der Waals surface area contributed by atoms with Crippen LogP contribution in [0.4, 0.5) is 20.2 Å². The van der Waals surface area contributed by atoms with Crippen molar-refractivity contribution in [3.63, 3.8) is 0 Å². The number of carbonyl (C=O) groups excluding carboxylic acids is 2. The number of hydrogen-bond donors (Lipinski definition) is 2. The molecule has 1 aliphatic rings. The van der Waals surface area contributed by atoms with E-state index in [1.807, 2.05) is 0 Å². The Balaban J connectivity index is 1.83. The first-order chi connectivity index (χ1) is 12.3. The molecule has 0 radical (unpaired) electrons. The summed E-state index contributed by atoms with van der Waals surface area (Å²) in [6, 6.07) is 8.75. The first kappa shape index (κ1) is 17.5. The maximum Gasteiger partial charge on any atom is 0.271 e. The Bertz CT molecular complexity index is 897. The number of aryl methyl sites for hydroxylation is 1. The van der Waals surface area contributed by atoms with Crippen molar-refractivity contribution in [2.24, 2.45) is 10.8 Å². The van der Waals surface area contributed by atoms with Crippen molar-refractivity contribution < 1.29 is 18.4 Å². The van der Waals surface area contributed by atoms with E-state index in [1.165, 1.54) is 35.3 Å². The van der Waals surface area contributed by atoms with Crippen LogP contribution in [0.3, 0.4) is 0 Å². The van der Waals surface area contributed by atoms with Gasteiger partial charge >= 0.3 is 0 Å². The number of carbonyl (C=O) groups is 2. The third kappa shape index (κ3) is 3.53. The third-order valence-electron chi connectivity index (χ3n) is 4.02. The number of hydrogen-bond acceptors (Lipinski definition) is 4. The highest BCUT2D eigenvalue weighted by atomic mass is 19.1. The van der Waals surface area contributed by atoms with Crippen LogP contribution >= 0.6 is 0 Å². The second-order valence-electron chi connectivity index (χ2n) is 5.91. The van der Waals surface area contributed by atoms with E-state index in [0.29, 0.717) is 11.3 Å². The average molecular weight is 358 g/mol. The Hall–Kier alpha value is -3.29. The number of amides is 2. The number of halogens is 2. The number of anilines is 2. The number of nitrogens with zero attached hydrogens (tertiary/aromatic N) is 2. The second kappa shape index (κ2) is 6.91. The van der Waals surface area contributed by atoms with Crippen molar-refractivity contribution in [1.29, 1.82) is 0 Å². The lowest BCUT2D eigenvalue weighted by Gasteiger charge is -2.20. The molecule has 26 heavy (non-hydrogen) atoms. The van der Waals surface area contributed by atoms with Crippen LogP contribution in [0.1, 0.15) is 12.0 Å². The van der Waals surface area contributed by atoms with Crippen LogP contribution in [-0.4, -0.2) is 23.6 Å². The van der Waals surface area contributed by atoms with E-state index in [4.69, 9.17) is 5.73 Å². The van der Waals surface area contributed by atoms with Gasteiger partial charge in [0, 0.05) is 12.1 Å². The summed E-state index contributed by atoms with van der Waals surface area (Å²) in [4.78, 5) is 24.1. The summed E-state index contributed by atoms with van der Waals surface area (Å²) in [5, 5.41) is 7.98. The summed E-state index contributed by atoms with van der Waals surface area (Å²) in [6.07, 6.45) is -0.00706. The fourth-order valence-electron chi connectivity index (χ4n) is 2.57. The van der Waals surface area contributed by atoms with Gasteiger partial charge in [0.15, 0.2) is 0 Å². The zero-order valence-electron chi connectivity index (χ0n) is 13.9. The molecule has 1 heterocycles. The van der Waals surface area contributed by atoms with Crippen LogP contribution in [0.2, 0.25) is 0 Å². The number of nitrogens with two attached hydrogens (primary N) is 1. The molecule has 1 atom stereocenters. The molecule has 2 aromatic rings. The molecule has 2 aromatic carbocycles. The molecule has 2 amide bonds. The molecule has 0 aliphatic carbocycles. The molecule has 3 rings (SSSR count). The molecule has 0 aromatic heterocycles. The highest BCUT2D eigenvalue weighted by Crippen LogP contribution is 2.25. The predicted octanol–water partition coefficient (Wildman–Crippen LogP) is 2.33. The Morgan fingerprint density at radius 1 is 1.19 bits per heavy atom. The number of nitrogens with one attached hydrogen (secondary N) is 1. The van der Waals surface area contributed by atoms with Gasteiger partial charge in [-0.2, -0.15) is 5.10 Å². The summed E-state index contributed by atoms with van der Waals surface area (Å²) >= 11 is 0. The second-order valence-corrected chi connectivity index (χ2v) is 5.91. The summed E-state index contributed by atoms with van der Waals surface area (Å²) < 4.78 is 26.7. The van der Waals surface area contributed by atoms with Crippen molar-refractivity contribution in [3.8, 4) is 0 Å². The third-order valence-corrected chi connectivity index (χ3v) is 4.02. The molecule has 0 saturated carbocycles. The Morgan fingerprint density at radius 3 is 2.50 bits per heavy atom. The number of benzene rings is 2. The van der Waals surface area contributed by atoms with E-state index in [2.05, 4.69) is 10.4 Å². The van der Waals surface area contributed by atoms with Gasteiger partial charge in [0.25, 0.3) is 5.91 Å². The fourth-order valence-corrected chi connectivity index (χ4v) is 2.57. The average Bonchev–Trinajstić information content (AvgIpc) is 3.04. The zero-order chi connectivity index (χ0) is 18.8. The smallest absolute Gasteiger partial charge is 0.271 e. The largest absolute Gasteiger partial charge is 0.368 e. The molecule has 0 saturated heterocycles. The molecule has 3 N–H and O–H groups in total. The Kier molecular flexibility index (Phi) is 4.66. The topological polar surface area (TPSA) is 87.8 Å². The highest BCUT2D eigenvalue weighted by Gasteiger charge is 2.35. The normalized spacial score (nSPS) is 16.3.